The van der Waals surface area contributed by atoms with Crippen LogP contribution in [-0.4, -0.2) is 66.7 Å². The highest BCUT2D eigenvalue weighted by atomic mass is 16.5. The molecule has 112 valence electrons. The van der Waals surface area contributed by atoms with Gasteiger partial charge in [0.05, 0.1) is 19.3 Å². The summed E-state index contributed by atoms with van der Waals surface area (Å²) in [6, 6.07) is -0.242. The number of hydrogen-bond acceptors (Lipinski definition) is 4. The molecule has 2 saturated heterocycles. The van der Waals surface area contributed by atoms with Crippen molar-refractivity contribution in [2.24, 2.45) is 0 Å². The molecular formula is C14H23N3O3. The van der Waals surface area contributed by atoms with Crippen LogP contribution in [0.5, 0.6) is 0 Å². The second-order valence-corrected chi connectivity index (χ2v) is 6.22. The molecule has 2 heterocycles. The number of imide groups is 1. The van der Waals surface area contributed by atoms with Gasteiger partial charge in [0, 0.05) is 13.1 Å². The third-order valence-electron chi connectivity index (χ3n) is 4.81. The first-order valence-electron chi connectivity index (χ1n) is 7.55. The Kier molecular flexibility index (Phi) is 3.69. The molecule has 3 aliphatic rings. The molecule has 1 aliphatic carbocycles. The van der Waals surface area contributed by atoms with E-state index in [0.29, 0.717) is 13.2 Å². The number of morpholine rings is 1. The number of ether oxygens (including phenoxy) is 1. The van der Waals surface area contributed by atoms with Gasteiger partial charge in [0.2, 0.25) is 0 Å². The SMILES string of the molecule is CN1CCOC(CN2C(=O)NC(=O)C23CCCCC3)C1. The summed E-state index contributed by atoms with van der Waals surface area (Å²) in [5, 5.41) is 2.51. The summed E-state index contributed by atoms with van der Waals surface area (Å²) < 4.78 is 5.75. The first-order chi connectivity index (χ1) is 9.62. The maximum absolute atomic E-state index is 12.3. The second kappa shape index (κ2) is 5.33. The maximum atomic E-state index is 12.3. The van der Waals surface area contributed by atoms with Crippen LogP contribution < -0.4 is 5.32 Å². The molecule has 2 aliphatic heterocycles. The number of nitrogens with zero attached hydrogens (tertiary/aromatic N) is 2. The lowest BCUT2D eigenvalue weighted by atomic mass is 9.80. The molecular weight excluding hydrogens is 258 g/mol. The Hall–Kier alpha value is -1.14. The lowest BCUT2D eigenvalue weighted by Gasteiger charge is -2.41. The molecule has 3 amide bonds. The van der Waals surface area contributed by atoms with Gasteiger partial charge in [-0.15, -0.1) is 0 Å². The van der Waals surface area contributed by atoms with Crippen LogP contribution in [0, 0.1) is 0 Å². The number of likely N-dealkylation sites (N-methyl/N-ethyl adjacent to an activating group) is 1. The van der Waals surface area contributed by atoms with Crippen LogP contribution in [0.4, 0.5) is 4.79 Å². The summed E-state index contributed by atoms with van der Waals surface area (Å²) in [6.45, 7) is 2.94. The molecule has 1 unspecified atom stereocenters. The molecule has 3 fully saturated rings. The van der Waals surface area contributed by atoms with E-state index in [0.717, 1.165) is 45.2 Å². The molecule has 1 spiro atoms. The number of rotatable bonds is 2. The lowest BCUT2D eigenvalue weighted by Crippen LogP contribution is -2.55. The van der Waals surface area contributed by atoms with Crippen molar-refractivity contribution in [1.29, 1.82) is 0 Å². The smallest absolute Gasteiger partial charge is 0.325 e. The van der Waals surface area contributed by atoms with Crippen molar-refractivity contribution in [1.82, 2.24) is 15.1 Å². The van der Waals surface area contributed by atoms with Gasteiger partial charge in [0.15, 0.2) is 0 Å². The van der Waals surface area contributed by atoms with Crippen molar-refractivity contribution < 1.29 is 14.3 Å². The van der Waals surface area contributed by atoms with Crippen LogP contribution in [0.2, 0.25) is 0 Å². The standard InChI is InChI=1S/C14H23N3O3/c1-16-7-8-20-11(9-16)10-17-13(19)15-12(18)14(17)5-3-2-4-6-14/h11H,2-10H2,1H3,(H,15,18,19). The first kappa shape index (κ1) is 13.8. The van der Waals surface area contributed by atoms with Gasteiger partial charge in [-0.1, -0.05) is 19.3 Å². The number of amides is 3. The summed E-state index contributed by atoms with van der Waals surface area (Å²) in [5.41, 5.74) is -0.602. The Morgan fingerprint density at radius 3 is 2.75 bits per heavy atom. The first-order valence-corrected chi connectivity index (χ1v) is 7.55. The Morgan fingerprint density at radius 2 is 2.05 bits per heavy atom. The summed E-state index contributed by atoms with van der Waals surface area (Å²) >= 11 is 0. The summed E-state index contributed by atoms with van der Waals surface area (Å²) in [7, 11) is 2.06. The fraction of sp³-hybridized carbons (Fsp3) is 0.857. The highest BCUT2D eigenvalue weighted by Crippen LogP contribution is 2.37. The largest absolute Gasteiger partial charge is 0.374 e. The minimum absolute atomic E-state index is 0.00389. The van der Waals surface area contributed by atoms with Crippen LogP contribution in [-0.2, 0) is 9.53 Å². The quantitative estimate of drug-likeness (QED) is 0.752. The monoisotopic (exact) mass is 281 g/mol. The average molecular weight is 281 g/mol. The number of urea groups is 1. The van der Waals surface area contributed by atoms with E-state index in [-0.39, 0.29) is 18.0 Å². The zero-order valence-corrected chi connectivity index (χ0v) is 12.1. The normalized spacial score (nSPS) is 30.9. The van der Waals surface area contributed by atoms with Gasteiger partial charge in [-0.3, -0.25) is 10.1 Å². The number of carbonyl (C=O) groups excluding carboxylic acids is 2. The average Bonchev–Trinajstić information content (AvgIpc) is 2.65. The molecule has 6 heteroatoms. The van der Waals surface area contributed by atoms with Crippen molar-refractivity contribution in [2.45, 2.75) is 43.7 Å². The van der Waals surface area contributed by atoms with E-state index in [2.05, 4.69) is 17.3 Å². The molecule has 1 saturated carbocycles. The summed E-state index contributed by atoms with van der Waals surface area (Å²) in [6.07, 6.45) is 4.76. The van der Waals surface area contributed by atoms with Gasteiger partial charge < -0.3 is 14.5 Å². The predicted octanol–water partition coefficient (Wildman–Crippen LogP) is 0.572. The molecule has 6 nitrogen and oxygen atoms in total. The van der Waals surface area contributed by atoms with E-state index in [1.807, 2.05) is 0 Å². The maximum Gasteiger partial charge on any atom is 0.325 e. The van der Waals surface area contributed by atoms with Gasteiger partial charge in [0.25, 0.3) is 5.91 Å². The van der Waals surface area contributed by atoms with Gasteiger partial charge in [-0.05, 0) is 19.9 Å². The highest BCUT2D eigenvalue weighted by Gasteiger charge is 2.53. The Bertz CT molecular complexity index is 406. The molecule has 0 bridgehead atoms. The van der Waals surface area contributed by atoms with Crippen molar-refractivity contribution in [3.05, 3.63) is 0 Å². The molecule has 20 heavy (non-hydrogen) atoms. The van der Waals surface area contributed by atoms with E-state index < -0.39 is 5.54 Å². The Morgan fingerprint density at radius 1 is 1.30 bits per heavy atom. The Balaban J connectivity index is 1.75. The third-order valence-corrected chi connectivity index (χ3v) is 4.81. The van der Waals surface area contributed by atoms with Crippen molar-refractivity contribution >= 4 is 11.9 Å². The predicted molar refractivity (Wildman–Crippen MR) is 73.3 cm³/mol. The number of hydrogen-bond donors (Lipinski definition) is 1. The van der Waals surface area contributed by atoms with Crippen LogP contribution in [0.1, 0.15) is 32.1 Å². The summed E-state index contributed by atoms with van der Waals surface area (Å²) in [4.78, 5) is 28.3. The van der Waals surface area contributed by atoms with Crippen LogP contribution in [0.15, 0.2) is 0 Å². The van der Waals surface area contributed by atoms with Crippen molar-refractivity contribution in [3.8, 4) is 0 Å². The minimum Gasteiger partial charge on any atom is -0.374 e. The second-order valence-electron chi connectivity index (χ2n) is 6.22. The lowest BCUT2D eigenvalue weighted by molar-refractivity contribution is -0.129. The topological polar surface area (TPSA) is 61.9 Å². The van der Waals surface area contributed by atoms with Gasteiger partial charge in [-0.2, -0.15) is 0 Å². The van der Waals surface area contributed by atoms with Crippen molar-refractivity contribution in [3.63, 3.8) is 0 Å². The molecule has 1 atom stereocenters. The van der Waals surface area contributed by atoms with Crippen molar-refractivity contribution in [2.75, 3.05) is 33.3 Å². The summed E-state index contributed by atoms with van der Waals surface area (Å²) in [5.74, 6) is -0.105. The van der Waals surface area contributed by atoms with Crippen LogP contribution in [0.25, 0.3) is 0 Å². The highest BCUT2D eigenvalue weighted by molar-refractivity contribution is 6.07. The fourth-order valence-corrected chi connectivity index (χ4v) is 3.67. The van der Waals surface area contributed by atoms with E-state index in [4.69, 9.17) is 4.74 Å². The third kappa shape index (κ3) is 2.31. The molecule has 1 N–H and O–H groups in total. The van der Waals surface area contributed by atoms with Gasteiger partial charge >= 0.3 is 6.03 Å². The molecule has 0 aromatic rings. The van der Waals surface area contributed by atoms with E-state index in [1.54, 1.807) is 4.90 Å². The van der Waals surface area contributed by atoms with E-state index in [9.17, 15) is 9.59 Å². The Labute approximate surface area is 119 Å². The van der Waals surface area contributed by atoms with E-state index >= 15 is 0 Å². The molecule has 0 radical (unpaired) electrons. The molecule has 0 aromatic carbocycles. The van der Waals surface area contributed by atoms with Gasteiger partial charge in [0.1, 0.15) is 5.54 Å². The number of carbonyl (C=O) groups is 2. The van der Waals surface area contributed by atoms with Crippen LogP contribution >= 0.6 is 0 Å². The molecule has 0 aromatic heterocycles. The van der Waals surface area contributed by atoms with E-state index in [1.165, 1.54) is 0 Å². The van der Waals surface area contributed by atoms with Crippen LogP contribution in [0.3, 0.4) is 0 Å². The number of nitrogens with one attached hydrogen (secondary N) is 1. The zero-order chi connectivity index (χ0) is 14.2. The molecule has 3 rings (SSSR count). The fourth-order valence-electron chi connectivity index (χ4n) is 3.67. The zero-order valence-electron chi connectivity index (χ0n) is 12.1. The van der Waals surface area contributed by atoms with Gasteiger partial charge in [-0.25, -0.2) is 4.79 Å². The minimum atomic E-state index is -0.602.